The number of hydrogen-bond acceptors (Lipinski definition) is 1. The summed E-state index contributed by atoms with van der Waals surface area (Å²) in [4.78, 5) is 4.41. The Labute approximate surface area is 176 Å². The van der Waals surface area contributed by atoms with Crippen molar-refractivity contribution in [2.45, 2.75) is 13.8 Å². The minimum atomic E-state index is 0.364. The van der Waals surface area contributed by atoms with Crippen molar-refractivity contribution in [1.29, 1.82) is 0 Å². The van der Waals surface area contributed by atoms with Gasteiger partial charge in [0.15, 0.2) is 0 Å². The van der Waals surface area contributed by atoms with E-state index in [1.807, 2.05) is 0 Å². The zero-order chi connectivity index (χ0) is 18.7. The lowest BCUT2D eigenvalue weighted by molar-refractivity contribution is 1.44. The second-order valence-electron chi connectivity index (χ2n) is 5.09. The van der Waals surface area contributed by atoms with Crippen molar-refractivity contribution in [3.8, 4) is 0 Å². The predicted molar refractivity (Wildman–Crippen MR) is 112 cm³/mol. The van der Waals surface area contributed by atoms with E-state index in [-0.39, 0.29) is 0 Å². The number of rotatable bonds is 4. The lowest BCUT2D eigenvalue weighted by atomic mass is 10.2. The van der Waals surface area contributed by atoms with Gasteiger partial charge >= 0.3 is 0 Å². The lowest BCUT2D eigenvalue weighted by Gasteiger charge is -2.26. The largest absolute Gasteiger partial charge is 0.659 e. The van der Waals surface area contributed by atoms with Crippen molar-refractivity contribution in [1.82, 2.24) is 0 Å². The first kappa shape index (κ1) is 20.7. The van der Waals surface area contributed by atoms with Gasteiger partial charge in [-0.05, 0) is 31.2 Å². The minimum Gasteiger partial charge on any atom is -0.659 e. The van der Waals surface area contributed by atoms with E-state index < -0.39 is 0 Å². The Morgan fingerprint density at radius 2 is 1.24 bits per heavy atom. The van der Waals surface area contributed by atoms with E-state index in [0.717, 1.165) is 0 Å². The van der Waals surface area contributed by atoms with Crippen LogP contribution in [0.4, 0.5) is 11.4 Å². The van der Waals surface area contributed by atoms with Crippen LogP contribution in [0.1, 0.15) is 13.8 Å². The van der Waals surface area contributed by atoms with Crippen LogP contribution in [0.25, 0.3) is 5.32 Å². The van der Waals surface area contributed by atoms with E-state index in [1.165, 1.54) is 0 Å². The van der Waals surface area contributed by atoms with Crippen molar-refractivity contribution < 1.29 is 0 Å². The van der Waals surface area contributed by atoms with Gasteiger partial charge in [-0.15, -0.1) is 0 Å². The molecule has 25 heavy (non-hydrogen) atoms. The molecule has 0 aliphatic carbocycles. The normalized spacial score (nSPS) is 12.5. The molecule has 2 nitrogen and oxygen atoms in total. The molecule has 0 aliphatic rings. The molecular weight excluding hydrogens is 445 g/mol. The van der Waals surface area contributed by atoms with Crippen LogP contribution >= 0.6 is 69.6 Å². The third-order valence-electron chi connectivity index (χ3n) is 2.96. The molecule has 0 saturated heterocycles. The van der Waals surface area contributed by atoms with Gasteiger partial charge in [0, 0.05) is 25.8 Å². The Bertz CT molecular complexity index is 827. The molecule has 0 heterocycles. The zero-order valence-corrected chi connectivity index (χ0v) is 17.6. The SMILES string of the molecule is CC(/C=C(/C)[N-]c1c(Cl)cc(Cl)cc1Cl)=Nc1c(Cl)cc(Cl)cc1Cl. The van der Waals surface area contributed by atoms with Gasteiger partial charge in [0.1, 0.15) is 5.69 Å². The maximum atomic E-state index is 6.13. The van der Waals surface area contributed by atoms with Crippen molar-refractivity contribution in [3.63, 3.8) is 0 Å². The van der Waals surface area contributed by atoms with Crippen LogP contribution in [-0.2, 0) is 0 Å². The number of benzene rings is 2. The van der Waals surface area contributed by atoms with Crippen molar-refractivity contribution in [2.75, 3.05) is 0 Å². The second kappa shape index (κ2) is 8.85. The monoisotopic (exact) mass is 453 g/mol. The van der Waals surface area contributed by atoms with Crippen LogP contribution in [-0.4, -0.2) is 5.71 Å². The Balaban J connectivity index is 2.28. The van der Waals surface area contributed by atoms with Gasteiger partial charge in [-0.1, -0.05) is 88.3 Å². The van der Waals surface area contributed by atoms with Gasteiger partial charge in [-0.2, -0.15) is 5.70 Å². The van der Waals surface area contributed by atoms with Gasteiger partial charge < -0.3 is 5.32 Å². The van der Waals surface area contributed by atoms with E-state index in [1.54, 1.807) is 44.2 Å². The minimum absolute atomic E-state index is 0.364. The molecular formula is C17H11Cl6N2-. The third-order valence-corrected chi connectivity index (χ3v) is 4.55. The van der Waals surface area contributed by atoms with Crippen LogP contribution < -0.4 is 0 Å². The summed E-state index contributed by atoms with van der Waals surface area (Å²) in [5, 5.41) is 6.76. The van der Waals surface area contributed by atoms with E-state index in [9.17, 15) is 0 Å². The van der Waals surface area contributed by atoms with Crippen LogP contribution in [0.3, 0.4) is 0 Å². The van der Waals surface area contributed by atoms with Gasteiger partial charge in [0.2, 0.25) is 0 Å². The molecule has 0 fully saturated rings. The van der Waals surface area contributed by atoms with Crippen molar-refractivity contribution >= 4 is 86.7 Å². The highest BCUT2D eigenvalue weighted by Crippen LogP contribution is 2.41. The van der Waals surface area contributed by atoms with Crippen LogP contribution in [0.15, 0.2) is 41.0 Å². The lowest BCUT2D eigenvalue weighted by Crippen LogP contribution is -1.88. The quantitative estimate of drug-likeness (QED) is 0.410. The highest BCUT2D eigenvalue weighted by molar-refractivity contribution is 6.42. The fourth-order valence-electron chi connectivity index (χ4n) is 2.00. The average Bonchev–Trinajstić information content (AvgIpc) is 2.46. The van der Waals surface area contributed by atoms with Gasteiger partial charge in [-0.3, -0.25) is 4.99 Å². The topological polar surface area (TPSA) is 26.5 Å². The molecule has 0 saturated carbocycles. The van der Waals surface area contributed by atoms with Crippen LogP contribution in [0, 0.1) is 0 Å². The summed E-state index contributed by atoms with van der Waals surface area (Å²) in [6.07, 6.45) is 1.75. The van der Waals surface area contributed by atoms with Gasteiger partial charge in [0.25, 0.3) is 0 Å². The molecule has 0 N–H and O–H groups in total. The molecule has 8 heteroatoms. The molecule has 2 aromatic rings. The molecule has 0 bridgehead atoms. The summed E-state index contributed by atoms with van der Waals surface area (Å²) in [5.41, 5.74) is 2.18. The maximum absolute atomic E-state index is 6.13. The first-order valence-corrected chi connectivity index (χ1v) is 9.18. The van der Waals surface area contributed by atoms with E-state index in [4.69, 9.17) is 69.6 Å². The van der Waals surface area contributed by atoms with E-state index >= 15 is 0 Å². The molecule has 2 rings (SSSR count). The molecule has 2 aromatic carbocycles. The van der Waals surface area contributed by atoms with E-state index in [2.05, 4.69) is 10.3 Å². The number of aliphatic imine (C=N–C) groups is 1. The molecule has 0 spiro atoms. The summed E-state index contributed by atoms with van der Waals surface area (Å²) in [6.45, 7) is 3.59. The van der Waals surface area contributed by atoms with Gasteiger partial charge in [0.05, 0.1) is 10.0 Å². The fraction of sp³-hybridized carbons (Fsp3) is 0.118. The standard InChI is InChI=1S/C17H11Cl6N2/c1-8(24-16-12(20)4-10(18)5-13(16)21)3-9(2)25-17-14(22)6-11(19)7-15(17)23/h3-7H,1-2H3/q-1/b8-3-,25-9?. The highest BCUT2D eigenvalue weighted by atomic mass is 35.5. The number of hydrogen-bond donors (Lipinski definition) is 0. The summed E-state index contributed by atoms with van der Waals surface area (Å²) in [6, 6.07) is 6.31. The number of allylic oxidation sites excluding steroid dienone is 2. The highest BCUT2D eigenvalue weighted by Gasteiger charge is 2.06. The Morgan fingerprint density at radius 3 is 1.72 bits per heavy atom. The fourth-order valence-corrected chi connectivity index (χ4v) is 3.81. The molecule has 0 unspecified atom stereocenters. The maximum Gasteiger partial charge on any atom is 0.101 e. The average molecular weight is 456 g/mol. The van der Waals surface area contributed by atoms with E-state index in [0.29, 0.717) is 52.9 Å². The summed E-state index contributed by atoms with van der Waals surface area (Å²) in [5.74, 6) is 0. The summed E-state index contributed by atoms with van der Waals surface area (Å²) in [7, 11) is 0. The molecule has 132 valence electrons. The van der Waals surface area contributed by atoms with Crippen LogP contribution in [0.2, 0.25) is 30.1 Å². The third kappa shape index (κ3) is 5.68. The number of halogens is 6. The Kier molecular flexibility index (Phi) is 7.33. The summed E-state index contributed by atoms with van der Waals surface area (Å²) >= 11 is 36.3. The number of nitrogens with zero attached hydrogens (tertiary/aromatic N) is 2. The zero-order valence-electron chi connectivity index (χ0n) is 13.0. The smallest absolute Gasteiger partial charge is 0.101 e. The molecule has 0 aliphatic heterocycles. The first-order chi connectivity index (χ1) is 11.7. The Hall–Kier alpha value is -0.610. The Morgan fingerprint density at radius 1 is 0.800 bits per heavy atom. The van der Waals surface area contributed by atoms with Crippen molar-refractivity contribution in [3.05, 3.63) is 71.5 Å². The molecule has 0 atom stereocenters. The van der Waals surface area contributed by atoms with Crippen molar-refractivity contribution in [2.24, 2.45) is 4.99 Å². The molecule has 0 radical (unpaired) electrons. The van der Waals surface area contributed by atoms with Crippen LogP contribution in [0.5, 0.6) is 0 Å². The second-order valence-corrected chi connectivity index (χ2v) is 7.59. The van der Waals surface area contributed by atoms with Gasteiger partial charge in [-0.25, -0.2) is 0 Å². The molecule has 0 amide bonds. The molecule has 0 aromatic heterocycles. The summed E-state index contributed by atoms with van der Waals surface area (Å²) < 4.78 is 0. The predicted octanol–water partition coefficient (Wildman–Crippen LogP) is 9.31. The first-order valence-electron chi connectivity index (χ1n) is 6.92.